The lowest BCUT2D eigenvalue weighted by molar-refractivity contribution is 0.124. The van der Waals surface area contributed by atoms with Gasteiger partial charge in [0.1, 0.15) is 5.82 Å². The Labute approximate surface area is 184 Å². The molecular weight excluding hydrogens is 394 g/mol. The molecule has 1 aliphatic rings. The van der Waals surface area contributed by atoms with Crippen LogP contribution in [0.5, 0.6) is 11.5 Å². The molecule has 8 heteroatoms. The molecule has 1 fully saturated rings. The molecule has 31 heavy (non-hydrogen) atoms. The third kappa shape index (κ3) is 5.95. The van der Waals surface area contributed by atoms with E-state index in [1.165, 1.54) is 0 Å². The first-order valence-corrected chi connectivity index (χ1v) is 10.4. The van der Waals surface area contributed by atoms with Crippen LogP contribution in [0, 0.1) is 0 Å². The number of hydrogen-bond donors (Lipinski definition) is 0. The van der Waals surface area contributed by atoms with E-state index in [0.717, 1.165) is 48.7 Å². The normalized spacial score (nSPS) is 16.0. The molecule has 0 aliphatic carbocycles. The van der Waals surface area contributed by atoms with Gasteiger partial charge in [0.2, 0.25) is 5.95 Å². The lowest BCUT2D eigenvalue weighted by atomic mass is 10.1. The van der Waals surface area contributed by atoms with Crippen LogP contribution >= 0.6 is 0 Å². The number of aromatic nitrogens is 2. The van der Waals surface area contributed by atoms with Crippen LogP contribution < -0.4 is 19.3 Å². The zero-order valence-electron chi connectivity index (χ0n) is 18.5. The number of methoxy groups -OCH3 is 2. The Balaban J connectivity index is 1.54. The van der Waals surface area contributed by atoms with E-state index in [2.05, 4.69) is 21.6 Å². The molecular formula is C23H31N5O3. The highest BCUT2D eigenvalue weighted by Gasteiger charge is 2.26. The van der Waals surface area contributed by atoms with Crippen LogP contribution in [-0.4, -0.2) is 63.8 Å². The maximum Gasteiger partial charge on any atom is 0.231 e. The predicted molar refractivity (Wildman–Crippen MR) is 124 cm³/mol. The van der Waals surface area contributed by atoms with E-state index in [1.54, 1.807) is 32.8 Å². The average molecular weight is 426 g/mol. The largest absolute Gasteiger partial charge is 0.493 e. The molecule has 0 bridgehead atoms. The van der Waals surface area contributed by atoms with Crippen molar-refractivity contribution in [2.45, 2.75) is 25.3 Å². The molecule has 0 unspecified atom stereocenters. The van der Waals surface area contributed by atoms with Crippen molar-refractivity contribution in [1.29, 1.82) is 0 Å². The van der Waals surface area contributed by atoms with Gasteiger partial charge in [-0.3, -0.25) is 4.99 Å². The monoisotopic (exact) mass is 425 g/mol. The van der Waals surface area contributed by atoms with E-state index in [0.29, 0.717) is 25.2 Å². The summed E-state index contributed by atoms with van der Waals surface area (Å²) < 4.78 is 16.7. The first-order chi connectivity index (χ1) is 15.2. The van der Waals surface area contributed by atoms with E-state index < -0.39 is 0 Å². The zero-order chi connectivity index (χ0) is 22.1. The van der Waals surface area contributed by atoms with Gasteiger partial charge in [-0.05, 0) is 49.7 Å². The summed E-state index contributed by atoms with van der Waals surface area (Å²) in [4.78, 5) is 16.9. The fourth-order valence-electron chi connectivity index (χ4n) is 3.64. The quantitative estimate of drug-likeness (QED) is 0.404. The van der Waals surface area contributed by atoms with Crippen LogP contribution in [0.25, 0.3) is 0 Å². The van der Waals surface area contributed by atoms with Crippen LogP contribution in [0.15, 0.2) is 47.9 Å². The van der Waals surface area contributed by atoms with Crippen LogP contribution in [-0.2, 0) is 11.2 Å². The minimum Gasteiger partial charge on any atom is -0.493 e. The molecule has 0 radical (unpaired) electrons. The second-order valence-corrected chi connectivity index (χ2v) is 7.31. The van der Waals surface area contributed by atoms with Crippen molar-refractivity contribution in [2.24, 2.45) is 4.99 Å². The van der Waals surface area contributed by atoms with E-state index in [4.69, 9.17) is 19.2 Å². The van der Waals surface area contributed by atoms with Crippen LogP contribution in [0.2, 0.25) is 0 Å². The third-order valence-corrected chi connectivity index (χ3v) is 5.30. The molecule has 0 spiro atoms. The number of anilines is 2. The Morgan fingerprint density at radius 2 is 2.10 bits per heavy atom. The van der Waals surface area contributed by atoms with Crippen molar-refractivity contribution in [3.63, 3.8) is 0 Å². The first-order valence-electron chi connectivity index (χ1n) is 10.4. The summed E-state index contributed by atoms with van der Waals surface area (Å²) in [5.74, 6) is 3.02. The molecule has 1 atom stereocenters. The summed E-state index contributed by atoms with van der Waals surface area (Å²) in [7, 11) is 5.18. The van der Waals surface area contributed by atoms with E-state index in [1.807, 2.05) is 36.2 Å². The highest BCUT2D eigenvalue weighted by atomic mass is 16.5. The third-order valence-electron chi connectivity index (χ3n) is 5.30. The second kappa shape index (κ2) is 11.3. The number of ether oxygens (including phenoxy) is 3. The number of aliphatic imine (C=N–C) groups is 1. The molecule has 166 valence electrons. The topological polar surface area (TPSA) is 72.3 Å². The average Bonchev–Trinajstić information content (AvgIpc) is 3.28. The van der Waals surface area contributed by atoms with E-state index in [-0.39, 0.29) is 0 Å². The highest BCUT2D eigenvalue weighted by molar-refractivity contribution is 5.46. The van der Waals surface area contributed by atoms with Crippen LogP contribution in [0.4, 0.5) is 11.8 Å². The fourth-order valence-corrected chi connectivity index (χ4v) is 3.64. The minimum atomic E-state index is 0.309. The molecule has 1 aromatic heterocycles. The number of rotatable bonds is 11. The second-order valence-electron chi connectivity index (χ2n) is 7.31. The first kappa shape index (κ1) is 22.6. The molecule has 3 rings (SSSR count). The van der Waals surface area contributed by atoms with Gasteiger partial charge in [0, 0.05) is 32.2 Å². The summed E-state index contributed by atoms with van der Waals surface area (Å²) in [6.45, 7) is 5.74. The summed E-state index contributed by atoms with van der Waals surface area (Å²) in [5, 5.41) is 0. The van der Waals surface area contributed by atoms with Crippen LogP contribution in [0.3, 0.4) is 0 Å². The zero-order valence-corrected chi connectivity index (χ0v) is 18.5. The highest BCUT2D eigenvalue weighted by Crippen LogP contribution is 2.28. The van der Waals surface area contributed by atoms with Gasteiger partial charge in [-0.15, -0.1) is 0 Å². The van der Waals surface area contributed by atoms with Crippen molar-refractivity contribution in [2.75, 3.05) is 50.8 Å². The van der Waals surface area contributed by atoms with Gasteiger partial charge in [-0.1, -0.05) is 6.07 Å². The predicted octanol–water partition coefficient (Wildman–Crippen LogP) is 3.33. The van der Waals surface area contributed by atoms with Crippen molar-refractivity contribution in [3.05, 3.63) is 48.4 Å². The van der Waals surface area contributed by atoms with Crippen molar-refractivity contribution < 1.29 is 14.2 Å². The van der Waals surface area contributed by atoms with Gasteiger partial charge < -0.3 is 24.0 Å². The molecule has 1 aliphatic heterocycles. The SMILES string of the molecule is C=N/C=C\N(C)c1nccc(N2CCC[C@@H]2COCCc2ccc(OC)c(OC)c2)n1. The Hall–Kier alpha value is -3.13. The lowest BCUT2D eigenvalue weighted by Crippen LogP contribution is -2.34. The summed E-state index contributed by atoms with van der Waals surface area (Å²) in [6, 6.07) is 8.23. The van der Waals surface area contributed by atoms with E-state index >= 15 is 0 Å². The minimum absolute atomic E-state index is 0.309. The smallest absolute Gasteiger partial charge is 0.231 e. The van der Waals surface area contributed by atoms with Crippen molar-refractivity contribution >= 4 is 18.5 Å². The number of benzene rings is 1. The molecule has 1 aromatic carbocycles. The Morgan fingerprint density at radius 1 is 1.26 bits per heavy atom. The van der Waals surface area contributed by atoms with Crippen molar-refractivity contribution in [3.8, 4) is 11.5 Å². The Bertz CT molecular complexity index is 889. The maximum absolute atomic E-state index is 6.04. The Kier molecular flexibility index (Phi) is 8.23. The summed E-state index contributed by atoms with van der Waals surface area (Å²) in [6.07, 6.45) is 8.21. The van der Waals surface area contributed by atoms with Crippen LogP contribution in [0.1, 0.15) is 18.4 Å². The number of nitrogens with zero attached hydrogens (tertiary/aromatic N) is 5. The fraction of sp³-hybridized carbons (Fsp3) is 0.435. The van der Waals surface area contributed by atoms with Crippen molar-refractivity contribution in [1.82, 2.24) is 9.97 Å². The molecule has 0 amide bonds. The van der Waals surface area contributed by atoms with E-state index in [9.17, 15) is 0 Å². The maximum atomic E-state index is 6.04. The molecule has 0 N–H and O–H groups in total. The standard InChI is InChI=1S/C23H31N5O3/c1-24-12-14-27(2)23-25-11-9-22(26-23)28-13-5-6-19(28)17-31-15-10-18-7-8-20(29-3)21(16-18)30-4/h7-9,11-12,14,16,19H,1,5-6,10,13,15,17H2,2-4H3/b14-12-/t19-/m1/s1. The Morgan fingerprint density at radius 3 is 2.87 bits per heavy atom. The molecule has 8 nitrogen and oxygen atoms in total. The van der Waals surface area contributed by atoms with Gasteiger partial charge in [-0.2, -0.15) is 4.98 Å². The summed E-state index contributed by atoms with van der Waals surface area (Å²) >= 11 is 0. The molecule has 2 aromatic rings. The molecule has 0 saturated carbocycles. The van der Waals surface area contributed by atoms with Gasteiger partial charge >= 0.3 is 0 Å². The van der Waals surface area contributed by atoms with Gasteiger partial charge in [0.25, 0.3) is 0 Å². The van der Waals surface area contributed by atoms with Gasteiger partial charge in [0.15, 0.2) is 11.5 Å². The van der Waals surface area contributed by atoms with Gasteiger partial charge in [-0.25, -0.2) is 4.98 Å². The molecule has 2 heterocycles. The lowest BCUT2D eigenvalue weighted by Gasteiger charge is -2.26. The molecule has 1 saturated heterocycles. The van der Waals surface area contributed by atoms with Gasteiger partial charge in [0.05, 0.1) is 33.5 Å². The summed E-state index contributed by atoms with van der Waals surface area (Å²) in [5.41, 5.74) is 1.16. The number of hydrogen-bond acceptors (Lipinski definition) is 8.